The Morgan fingerprint density at radius 3 is 2.52 bits per heavy atom. The molecule has 0 amide bonds. The standard InChI is InChI=1S/C24H20Cl2N2O3/c1-13-5-7-14(8-6-13)12-30-23-17(25)9-15(10-18(23)26)21-16(11-27)24(28)31-20-4-2-3-19(29)22(20)21/h5-10,21H,2-4,12,28H2,1H3/t21-/m0/s1. The van der Waals surface area contributed by atoms with Gasteiger partial charge in [0.05, 0.1) is 16.0 Å². The number of hydrogen-bond donors (Lipinski definition) is 1. The minimum atomic E-state index is -0.664. The Kier molecular flexibility index (Phi) is 5.95. The number of hydrogen-bond acceptors (Lipinski definition) is 5. The molecule has 1 atom stereocenters. The van der Waals surface area contributed by atoms with Gasteiger partial charge in [-0.25, -0.2) is 0 Å². The third kappa shape index (κ3) is 4.14. The number of allylic oxidation sites excluding steroid dienone is 3. The summed E-state index contributed by atoms with van der Waals surface area (Å²) in [4.78, 5) is 12.7. The molecule has 1 aliphatic heterocycles. The van der Waals surface area contributed by atoms with Crippen molar-refractivity contribution >= 4 is 29.0 Å². The highest BCUT2D eigenvalue weighted by Crippen LogP contribution is 2.46. The zero-order valence-corrected chi connectivity index (χ0v) is 18.4. The molecule has 5 nitrogen and oxygen atoms in total. The van der Waals surface area contributed by atoms with Gasteiger partial charge < -0.3 is 15.2 Å². The Morgan fingerprint density at radius 2 is 1.87 bits per heavy atom. The molecule has 0 fully saturated rings. The number of nitrogens with two attached hydrogens (primary N) is 1. The van der Waals surface area contributed by atoms with Crippen LogP contribution in [-0.4, -0.2) is 5.78 Å². The highest BCUT2D eigenvalue weighted by Gasteiger charge is 2.38. The minimum absolute atomic E-state index is 0.00731. The topological polar surface area (TPSA) is 85.3 Å². The molecule has 0 radical (unpaired) electrons. The van der Waals surface area contributed by atoms with Crippen molar-refractivity contribution in [2.45, 2.75) is 38.7 Å². The van der Waals surface area contributed by atoms with E-state index in [1.165, 1.54) is 0 Å². The van der Waals surface area contributed by atoms with E-state index in [1.54, 1.807) is 12.1 Å². The summed E-state index contributed by atoms with van der Waals surface area (Å²) in [6.07, 6.45) is 1.68. The number of nitrogens with zero attached hydrogens (tertiary/aromatic N) is 1. The van der Waals surface area contributed by atoms with Crippen molar-refractivity contribution in [3.8, 4) is 11.8 Å². The average Bonchev–Trinajstić information content (AvgIpc) is 2.73. The number of carbonyl (C=O) groups is 1. The number of rotatable bonds is 4. The quantitative estimate of drug-likeness (QED) is 0.640. The first-order chi connectivity index (χ1) is 14.9. The largest absolute Gasteiger partial charge is 0.486 e. The van der Waals surface area contributed by atoms with Gasteiger partial charge in [0.1, 0.15) is 24.0 Å². The van der Waals surface area contributed by atoms with E-state index in [0.717, 1.165) is 11.1 Å². The van der Waals surface area contributed by atoms with E-state index in [-0.39, 0.29) is 17.2 Å². The summed E-state index contributed by atoms with van der Waals surface area (Å²) in [5.74, 6) is 0.151. The van der Waals surface area contributed by atoms with Crippen molar-refractivity contribution in [1.29, 1.82) is 5.26 Å². The summed E-state index contributed by atoms with van der Waals surface area (Å²) >= 11 is 13.0. The molecule has 2 N–H and O–H groups in total. The number of ether oxygens (including phenoxy) is 2. The van der Waals surface area contributed by atoms with Gasteiger partial charge in [-0.15, -0.1) is 0 Å². The smallest absolute Gasteiger partial charge is 0.205 e. The Morgan fingerprint density at radius 1 is 1.19 bits per heavy atom. The van der Waals surface area contributed by atoms with Crippen molar-refractivity contribution in [3.63, 3.8) is 0 Å². The highest BCUT2D eigenvalue weighted by atomic mass is 35.5. The first kappa shape index (κ1) is 21.3. The number of benzene rings is 2. The van der Waals surface area contributed by atoms with Gasteiger partial charge in [0.25, 0.3) is 0 Å². The molecule has 7 heteroatoms. The van der Waals surface area contributed by atoms with Gasteiger partial charge >= 0.3 is 0 Å². The first-order valence-electron chi connectivity index (χ1n) is 9.90. The second-order valence-corrected chi connectivity index (χ2v) is 8.44. The zero-order valence-electron chi connectivity index (χ0n) is 16.9. The van der Waals surface area contributed by atoms with Crippen molar-refractivity contribution in [3.05, 3.63) is 85.9 Å². The van der Waals surface area contributed by atoms with Gasteiger partial charge in [-0.05, 0) is 36.6 Å². The summed E-state index contributed by atoms with van der Waals surface area (Å²) in [6.45, 7) is 2.32. The Balaban J connectivity index is 1.69. The number of nitriles is 1. The lowest BCUT2D eigenvalue weighted by atomic mass is 9.77. The number of halogens is 2. The molecule has 0 bridgehead atoms. The van der Waals surface area contributed by atoms with E-state index in [9.17, 15) is 10.1 Å². The lowest BCUT2D eigenvalue weighted by molar-refractivity contribution is -0.116. The fraction of sp³-hybridized carbons (Fsp3) is 0.250. The molecule has 1 heterocycles. The normalized spacial score (nSPS) is 18.4. The maximum atomic E-state index is 12.7. The molecule has 1 aliphatic carbocycles. The number of Topliss-reactive ketones (excluding diaryl/α,β-unsaturated/α-hetero) is 1. The van der Waals surface area contributed by atoms with Crippen molar-refractivity contribution in [2.75, 3.05) is 0 Å². The van der Waals surface area contributed by atoms with E-state index in [4.69, 9.17) is 38.4 Å². The summed E-state index contributed by atoms with van der Waals surface area (Å²) in [5, 5.41) is 10.3. The van der Waals surface area contributed by atoms with Crippen LogP contribution in [0.3, 0.4) is 0 Å². The van der Waals surface area contributed by atoms with Crippen LogP contribution in [0.15, 0.2) is 59.2 Å². The van der Waals surface area contributed by atoms with E-state index >= 15 is 0 Å². The molecule has 0 spiro atoms. The molecule has 0 saturated heterocycles. The molecule has 2 aliphatic rings. The molecule has 158 valence electrons. The Bertz CT molecular complexity index is 1140. The zero-order chi connectivity index (χ0) is 22.1. The fourth-order valence-electron chi connectivity index (χ4n) is 3.91. The molecular formula is C24H20Cl2N2O3. The summed E-state index contributed by atoms with van der Waals surface area (Å²) in [7, 11) is 0. The van der Waals surface area contributed by atoms with Crippen LogP contribution in [0, 0.1) is 18.3 Å². The molecule has 0 aromatic heterocycles. The monoisotopic (exact) mass is 454 g/mol. The average molecular weight is 455 g/mol. The highest BCUT2D eigenvalue weighted by molar-refractivity contribution is 6.37. The van der Waals surface area contributed by atoms with Crippen LogP contribution in [0.2, 0.25) is 10.0 Å². The maximum absolute atomic E-state index is 12.7. The lowest BCUT2D eigenvalue weighted by Crippen LogP contribution is -2.27. The van der Waals surface area contributed by atoms with Crippen LogP contribution in [0.4, 0.5) is 0 Å². The van der Waals surface area contributed by atoms with E-state index in [0.29, 0.717) is 58.6 Å². The van der Waals surface area contributed by atoms with Gasteiger partial charge in [0, 0.05) is 18.4 Å². The number of carbonyl (C=O) groups excluding carboxylic acids is 1. The van der Waals surface area contributed by atoms with Gasteiger partial charge in [0.2, 0.25) is 5.88 Å². The SMILES string of the molecule is Cc1ccc(COc2c(Cl)cc([C@H]3C(C#N)=C(N)OC4=C3C(=O)CCC4)cc2Cl)cc1. The summed E-state index contributed by atoms with van der Waals surface area (Å²) in [6, 6.07) is 13.4. The maximum Gasteiger partial charge on any atom is 0.205 e. The van der Waals surface area contributed by atoms with Gasteiger partial charge in [0.15, 0.2) is 11.5 Å². The van der Waals surface area contributed by atoms with E-state index < -0.39 is 5.92 Å². The van der Waals surface area contributed by atoms with Crippen LogP contribution in [-0.2, 0) is 16.1 Å². The first-order valence-corrected chi connectivity index (χ1v) is 10.7. The Labute approximate surface area is 190 Å². The summed E-state index contributed by atoms with van der Waals surface area (Å²) < 4.78 is 11.5. The molecular weight excluding hydrogens is 435 g/mol. The van der Waals surface area contributed by atoms with Crippen LogP contribution in [0.1, 0.15) is 41.9 Å². The van der Waals surface area contributed by atoms with E-state index in [2.05, 4.69) is 6.07 Å². The number of aryl methyl sites for hydroxylation is 1. The van der Waals surface area contributed by atoms with Crippen LogP contribution in [0.5, 0.6) is 5.75 Å². The minimum Gasteiger partial charge on any atom is -0.486 e. The Hall–Kier alpha value is -2.94. The molecule has 2 aromatic carbocycles. The molecule has 4 rings (SSSR count). The lowest BCUT2D eigenvalue weighted by Gasteiger charge is -2.31. The van der Waals surface area contributed by atoms with Crippen molar-refractivity contribution < 1.29 is 14.3 Å². The van der Waals surface area contributed by atoms with Crippen molar-refractivity contribution in [1.82, 2.24) is 0 Å². The predicted octanol–water partition coefficient (Wildman–Crippen LogP) is 5.70. The van der Waals surface area contributed by atoms with Gasteiger partial charge in [-0.3, -0.25) is 4.79 Å². The molecule has 0 saturated carbocycles. The van der Waals surface area contributed by atoms with E-state index in [1.807, 2.05) is 31.2 Å². The van der Waals surface area contributed by atoms with Crippen LogP contribution in [0.25, 0.3) is 0 Å². The molecule has 31 heavy (non-hydrogen) atoms. The van der Waals surface area contributed by atoms with Gasteiger partial charge in [-0.2, -0.15) is 5.26 Å². The fourth-order valence-corrected chi connectivity index (χ4v) is 4.53. The molecule has 2 aromatic rings. The molecule has 0 unspecified atom stereocenters. The number of ketones is 1. The van der Waals surface area contributed by atoms with Crippen LogP contribution < -0.4 is 10.5 Å². The summed E-state index contributed by atoms with van der Waals surface area (Å²) in [5.41, 5.74) is 9.37. The second kappa shape index (κ2) is 8.66. The van der Waals surface area contributed by atoms with Crippen molar-refractivity contribution in [2.24, 2.45) is 5.73 Å². The third-order valence-electron chi connectivity index (χ3n) is 5.46. The second-order valence-electron chi connectivity index (χ2n) is 7.63. The predicted molar refractivity (Wildman–Crippen MR) is 119 cm³/mol. The van der Waals surface area contributed by atoms with Gasteiger partial charge in [-0.1, -0.05) is 53.0 Å². The third-order valence-corrected chi connectivity index (χ3v) is 6.02. The van der Waals surface area contributed by atoms with Crippen LogP contribution >= 0.6 is 23.2 Å².